The highest BCUT2D eigenvalue weighted by molar-refractivity contribution is 7.88. The fourth-order valence-electron chi connectivity index (χ4n) is 5.72. The van der Waals surface area contributed by atoms with Crippen molar-refractivity contribution in [3.8, 4) is 0 Å². The van der Waals surface area contributed by atoms with E-state index >= 15 is 0 Å². The van der Waals surface area contributed by atoms with E-state index in [1.807, 2.05) is 0 Å². The number of amides is 2. The van der Waals surface area contributed by atoms with Crippen LogP contribution in [0.2, 0.25) is 5.02 Å². The molecule has 0 unspecified atom stereocenters. The van der Waals surface area contributed by atoms with Crippen molar-refractivity contribution in [2.24, 2.45) is 0 Å². The normalized spacial score (nSPS) is 22.8. The summed E-state index contributed by atoms with van der Waals surface area (Å²) in [4.78, 5) is 39.1. The van der Waals surface area contributed by atoms with E-state index in [1.165, 1.54) is 0 Å². The van der Waals surface area contributed by atoms with Crippen molar-refractivity contribution < 1.29 is 32.5 Å². The summed E-state index contributed by atoms with van der Waals surface area (Å²) in [6.07, 6.45) is 3.81. The molecular formula is C27H30ClN5O7S. The summed E-state index contributed by atoms with van der Waals surface area (Å²) in [5.41, 5.74) is 4.00. The smallest absolute Gasteiger partial charge is 0.255 e. The number of hydrogen-bond donors (Lipinski definition) is 3. The Labute approximate surface area is 242 Å². The highest BCUT2D eigenvalue weighted by Crippen LogP contribution is 2.46. The van der Waals surface area contributed by atoms with Crippen molar-refractivity contribution >= 4 is 33.4 Å². The minimum Gasteiger partial charge on any atom is -0.387 e. The Kier molecular flexibility index (Phi) is 8.71. The third-order valence-electron chi connectivity index (χ3n) is 7.34. The molecule has 12 nitrogen and oxygen atoms in total. The van der Waals surface area contributed by atoms with E-state index in [0.29, 0.717) is 34.6 Å². The second-order valence-corrected chi connectivity index (χ2v) is 12.4. The van der Waals surface area contributed by atoms with E-state index in [0.717, 1.165) is 19.1 Å². The van der Waals surface area contributed by atoms with Crippen LogP contribution in [-0.4, -0.2) is 58.7 Å². The Hall–Kier alpha value is -3.36. The summed E-state index contributed by atoms with van der Waals surface area (Å²) in [5, 5.41) is 13.3. The van der Waals surface area contributed by atoms with Gasteiger partial charge in [-0.3, -0.25) is 14.4 Å². The number of nitrogens with zero attached hydrogens (tertiary/aromatic N) is 3. The topological polar surface area (TPSA) is 164 Å². The highest BCUT2D eigenvalue weighted by Gasteiger charge is 2.49. The number of hydroxylamine groups is 1. The number of benzene rings is 2. The zero-order chi connectivity index (χ0) is 29.1. The lowest BCUT2D eigenvalue weighted by atomic mass is 9.76. The van der Waals surface area contributed by atoms with Gasteiger partial charge < -0.3 is 14.5 Å². The van der Waals surface area contributed by atoms with E-state index in [1.54, 1.807) is 53.4 Å². The minimum atomic E-state index is -3.57. The Morgan fingerprint density at radius 1 is 1.17 bits per heavy atom. The number of aliphatic hydroxyl groups excluding tert-OH is 1. The van der Waals surface area contributed by atoms with Crippen molar-refractivity contribution in [1.82, 2.24) is 25.2 Å². The summed E-state index contributed by atoms with van der Waals surface area (Å²) >= 11 is 6.19. The first kappa shape index (κ1) is 29.1. The predicted molar refractivity (Wildman–Crippen MR) is 147 cm³/mol. The Bertz CT molecular complexity index is 1510. The molecular weight excluding hydrogens is 574 g/mol. The van der Waals surface area contributed by atoms with Crippen molar-refractivity contribution in [2.45, 2.75) is 62.9 Å². The van der Waals surface area contributed by atoms with Crippen molar-refractivity contribution in [3.05, 3.63) is 82.0 Å². The van der Waals surface area contributed by atoms with Crippen LogP contribution in [0, 0.1) is 0 Å². The second kappa shape index (κ2) is 12.2. The molecule has 14 heteroatoms. The lowest BCUT2D eigenvalue weighted by molar-refractivity contribution is -0.138. The van der Waals surface area contributed by atoms with Crippen LogP contribution in [0.1, 0.15) is 70.8 Å². The molecule has 1 aromatic heterocycles. The summed E-state index contributed by atoms with van der Waals surface area (Å²) in [5.74, 6) is -1.59. The van der Waals surface area contributed by atoms with Gasteiger partial charge in [-0.1, -0.05) is 59.9 Å². The van der Waals surface area contributed by atoms with Gasteiger partial charge in [0.25, 0.3) is 17.7 Å². The largest absolute Gasteiger partial charge is 0.387 e. The maximum Gasteiger partial charge on any atom is 0.255 e. The fourth-order valence-corrected chi connectivity index (χ4v) is 6.67. The molecule has 1 aliphatic carbocycles. The third-order valence-corrected chi connectivity index (χ3v) is 8.32. The van der Waals surface area contributed by atoms with Crippen LogP contribution in [0.3, 0.4) is 0 Å². The molecule has 2 aliphatic rings. The predicted octanol–water partition coefficient (Wildman–Crippen LogP) is 2.60. The minimum absolute atomic E-state index is 0.0119. The second-order valence-electron chi connectivity index (χ2n) is 10.1. The van der Waals surface area contributed by atoms with Gasteiger partial charge in [-0.05, 0) is 42.2 Å². The van der Waals surface area contributed by atoms with E-state index in [-0.39, 0.29) is 24.2 Å². The first-order valence-corrected chi connectivity index (χ1v) is 15.4. The standard InChI is InChI=1S/C27H30ClN5O7S/c1-41(37,38)32-20-8-4-5-9-21(20)33-25(16-10-12-17(28)13-11-16)24(18-6-2-3-7-19(18)27(33)36)26(35)31-39-15-22-29-23(14-34)40-30-22/h2-3,6-7,10-13,20-21,24-25,32,34H,4-5,8-9,14-15H2,1H3,(H,31,35)/t20-,21-,24+,25-/m0/s1. The average molecular weight is 604 g/mol. The monoisotopic (exact) mass is 603 g/mol. The number of carbonyl (C=O) groups is 2. The third kappa shape index (κ3) is 6.44. The first-order chi connectivity index (χ1) is 19.7. The molecule has 2 amide bonds. The number of hydrogen-bond acceptors (Lipinski definition) is 9. The lowest BCUT2D eigenvalue weighted by Gasteiger charge is -2.49. The number of carbonyl (C=O) groups excluding carboxylic acids is 2. The number of sulfonamides is 1. The number of nitrogens with one attached hydrogen (secondary N) is 2. The number of aliphatic hydroxyl groups is 1. The van der Waals surface area contributed by atoms with E-state index in [4.69, 9.17) is 26.1 Å². The molecule has 0 saturated heterocycles. The van der Waals surface area contributed by atoms with Crippen LogP contribution in [-0.2, 0) is 32.9 Å². The molecule has 3 N–H and O–H groups in total. The first-order valence-electron chi connectivity index (χ1n) is 13.1. The van der Waals surface area contributed by atoms with Gasteiger partial charge in [0.1, 0.15) is 13.2 Å². The molecule has 3 aromatic rings. The molecule has 2 aromatic carbocycles. The maximum atomic E-state index is 14.2. The summed E-state index contributed by atoms with van der Waals surface area (Å²) < 4.78 is 32.1. The Morgan fingerprint density at radius 3 is 2.61 bits per heavy atom. The van der Waals surface area contributed by atoms with Crippen LogP contribution >= 0.6 is 11.6 Å². The maximum absolute atomic E-state index is 14.2. The fraction of sp³-hybridized carbons (Fsp3) is 0.407. The van der Waals surface area contributed by atoms with Crippen LogP contribution < -0.4 is 10.2 Å². The van der Waals surface area contributed by atoms with Gasteiger partial charge in [-0.15, -0.1) is 0 Å². The molecule has 0 spiro atoms. The van der Waals surface area contributed by atoms with E-state index < -0.39 is 46.6 Å². The van der Waals surface area contributed by atoms with Crippen molar-refractivity contribution in [1.29, 1.82) is 0 Å². The van der Waals surface area contributed by atoms with Crippen LogP contribution in [0.4, 0.5) is 0 Å². The van der Waals surface area contributed by atoms with Gasteiger partial charge in [-0.2, -0.15) is 4.98 Å². The SMILES string of the molecule is CS(=O)(=O)N[C@H]1CCCC[C@@H]1N1C(=O)c2ccccc2[C@@H](C(=O)NOCc2noc(CO)n2)[C@@H]1c1ccc(Cl)cc1. The molecule has 0 bridgehead atoms. The van der Waals surface area contributed by atoms with E-state index in [9.17, 15) is 18.0 Å². The Morgan fingerprint density at radius 2 is 1.90 bits per heavy atom. The average Bonchev–Trinajstić information content (AvgIpc) is 3.41. The Balaban J connectivity index is 1.55. The lowest BCUT2D eigenvalue weighted by Crippen LogP contribution is -2.59. The number of rotatable bonds is 9. The molecule has 1 aliphatic heterocycles. The molecule has 4 atom stereocenters. The van der Waals surface area contributed by atoms with Crippen LogP contribution in [0.25, 0.3) is 0 Å². The zero-order valence-electron chi connectivity index (χ0n) is 22.2. The van der Waals surface area contributed by atoms with Gasteiger partial charge in [0.15, 0.2) is 5.82 Å². The van der Waals surface area contributed by atoms with Crippen molar-refractivity contribution in [2.75, 3.05) is 6.26 Å². The number of aromatic nitrogens is 2. The van der Waals surface area contributed by atoms with Gasteiger partial charge in [0, 0.05) is 22.7 Å². The number of fused-ring (bicyclic) bond motifs is 1. The van der Waals surface area contributed by atoms with Crippen molar-refractivity contribution in [3.63, 3.8) is 0 Å². The molecule has 1 saturated carbocycles. The molecule has 218 valence electrons. The quantitative estimate of drug-likeness (QED) is 0.312. The van der Waals surface area contributed by atoms with Gasteiger partial charge >= 0.3 is 0 Å². The van der Waals surface area contributed by atoms with Gasteiger partial charge in [-0.25, -0.2) is 18.6 Å². The van der Waals surface area contributed by atoms with Gasteiger partial charge in [0.2, 0.25) is 10.0 Å². The summed E-state index contributed by atoms with van der Waals surface area (Å²) in [6.45, 7) is -0.651. The van der Waals surface area contributed by atoms with Gasteiger partial charge in [0.05, 0.1) is 18.2 Å². The highest BCUT2D eigenvalue weighted by atomic mass is 35.5. The zero-order valence-corrected chi connectivity index (χ0v) is 23.8. The summed E-state index contributed by atoms with van der Waals surface area (Å²) in [7, 11) is -3.57. The molecule has 5 rings (SSSR count). The summed E-state index contributed by atoms with van der Waals surface area (Å²) in [6, 6.07) is 12.0. The van der Waals surface area contributed by atoms with Crippen LogP contribution in [0.5, 0.6) is 0 Å². The van der Waals surface area contributed by atoms with Crippen LogP contribution in [0.15, 0.2) is 53.1 Å². The molecule has 2 heterocycles. The molecule has 1 fully saturated rings. The number of halogens is 1. The van der Waals surface area contributed by atoms with E-state index in [2.05, 4.69) is 20.3 Å². The molecule has 0 radical (unpaired) electrons. The molecule has 41 heavy (non-hydrogen) atoms.